The molecule has 0 bridgehead atoms. The summed E-state index contributed by atoms with van der Waals surface area (Å²) in [6.07, 6.45) is 1.65. The average Bonchev–Trinajstić information content (AvgIpc) is 2.78. The van der Waals surface area contributed by atoms with Crippen LogP contribution in [0.25, 0.3) is 11.5 Å². The number of nitrogens with zero attached hydrogens (tertiary/aromatic N) is 3. The summed E-state index contributed by atoms with van der Waals surface area (Å²) in [4.78, 5) is 4.08. The van der Waals surface area contributed by atoms with Gasteiger partial charge in [-0.15, -0.1) is 10.2 Å². The third-order valence-electron chi connectivity index (χ3n) is 2.13. The van der Waals surface area contributed by atoms with E-state index in [0.29, 0.717) is 17.7 Å². The number of aromatic nitrogens is 3. The minimum absolute atomic E-state index is 0.229. The quantitative estimate of drug-likeness (QED) is 0.792. The van der Waals surface area contributed by atoms with Gasteiger partial charge in [0.15, 0.2) is 0 Å². The van der Waals surface area contributed by atoms with Crippen LogP contribution >= 0.6 is 0 Å². The number of methoxy groups -OCH3 is 1. The van der Waals surface area contributed by atoms with Gasteiger partial charge < -0.3 is 9.15 Å². The largest absolute Gasteiger partial charge is 0.481 e. The SMILES string of the molecule is COc1ccc(-c2nnc(C(C)C)o2)cn1. The molecule has 5 heteroatoms. The zero-order valence-corrected chi connectivity index (χ0v) is 9.47. The molecule has 0 N–H and O–H groups in total. The Hall–Kier alpha value is -1.91. The van der Waals surface area contributed by atoms with Crippen LogP contribution in [0.15, 0.2) is 22.7 Å². The topological polar surface area (TPSA) is 61.0 Å². The summed E-state index contributed by atoms with van der Waals surface area (Å²) in [7, 11) is 1.57. The molecule has 0 saturated carbocycles. The zero-order valence-electron chi connectivity index (χ0n) is 9.47. The summed E-state index contributed by atoms with van der Waals surface area (Å²) < 4.78 is 10.5. The molecular weight excluding hydrogens is 206 g/mol. The maximum Gasteiger partial charge on any atom is 0.249 e. The fourth-order valence-electron chi connectivity index (χ4n) is 1.21. The van der Waals surface area contributed by atoms with Gasteiger partial charge >= 0.3 is 0 Å². The first-order valence-corrected chi connectivity index (χ1v) is 5.04. The number of rotatable bonds is 3. The van der Waals surface area contributed by atoms with Crippen molar-refractivity contribution in [1.29, 1.82) is 0 Å². The van der Waals surface area contributed by atoms with Gasteiger partial charge in [0.2, 0.25) is 17.7 Å². The molecule has 0 unspecified atom stereocenters. The molecule has 0 aliphatic heterocycles. The Morgan fingerprint density at radius 3 is 2.56 bits per heavy atom. The lowest BCUT2D eigenvalue weighted by atomic mass is 10.2. The summed E-state index contributed by atoms with van der Waals surface area (Å²) in [5.41, 5.74) is 0.792. The second kappa shape index (κ2) is 4.30. The van der Waals surface area contributed by atoms with E-state index in [0.717, 1.165) is 5.56 Å². The molecule has 16 heavy (non-hydrogen) atoms. The molecule has 0 radical (unpaired) electrons. The van der Waals surface area contributed by atoms with Crippen molar-refractivity contribution in [2.24, 2.45) is 0 Å². The van der Waals surface area contributed by atoms with Crippen LogP contribution in [0.3, 0.4) is 0 Å². The Balaban J connectivity index is 2.28. The number of hydrogen-bond acceptors (Lipinski definition) is 5. The maximum atomic E-state index is 5.50. The van der Waals surface area contributed by atoms with Crippen LogP contribution in [0.1, 0.15) is 25.7 Å². The lowest BCUT2D eigenvalue weighted by Crippen LogP contribution is -1.87. The van der Waals surface area contributed by atoms with Gasteiger partial charge in [-0.3, -0.25) is 0 Å². The molecule has 2 aromatic heterocycles. The first kappa shape index (κ1) is 10.6. The highest BCUT2D eigenvalue weighted by Gasteiger charge is 2.11. The Morgan fingerprint density at radius 2 is 2.06 bits per heavy atom. The smallest absolute Gasteiger partial charge is 0.249 e. The summed E-state index contributed by atoms with van der Waals surface area (Å²) in [6.45, 7) is 4.01. The van der Waals surface area contributed by atoms with Gasteiger partial charge in [0.1, 0.15) is 0 Å². The van der Waals surface area contributed by atoms with Crippen LogP contribution in [0.2, 0.25) is 0 Å². The minimum Gasteiger partial charge on any atom is -0.481 e. The van der Waals surface area contributed by atoms with E-state index in [1.807, 2.05) is 19.9 Å². The van der Waals surface area contributed by atoms with Crippen molar-refractivity contribution in [2.75, 3.05) is 7.11 Å². The van der Waals surface area contributed by atoms with Crippen molar-refractivity contribution in [2.45, 2.75) is 19.8 Å². The molecule has 2 heterocycles. The predicted molar refractivity (Wildman–Crippen MR) is 58.2 cm³/mol. The Morgan fingerprint density at radius 1 is 1.25 bits per heavy atom. The van der Waals surface area contributed by atoms with E-state index >= 15 is 0 Å². The minimum atomic E-state index is 0.229. The van der Waals surface area contributed by atoms with Gasteiger partial charge in [0.05, 0.1) is 12.7 Å². The van der Waals surface area contributed by atoms with E-state index in [-0.39, 0.29) is 5.92 Å². The lowest BCUT2D eigenvalue weighted by Gasteiger charge is -1.98. The van der Waals surface area contributed by atoms with Gasteiger partial charge in [-0.2, -0.15) is 0 Å². The van der Waals surface area contributed by atoms with E-state index in [4.69, 9.17) is 9.15 Å². The summed E-state index contributed by atoms with van der Waals surface area (Å²) in [5.74, 6) is 1.91. The van der Waals surface area contributed by atoms with Crippen molar-refractivity contribution in [3.8, 4) is 17.3 Å². The molecule has 0 atom stereocenters. The second-order valence-corrected chi connectivity index (χ2v) is 3.69. The molecule has 2 aromatic rings. The van der Waals surface area contributed by atoms with Crippen molar-refractivity contribution >= 4 is 0 Å². The average molecular weight is 219 g/mol. The zero-order chi connectivity index (χ0) is 11.5. The van der Waals surface area contributed by atoms with E-state index in [1.54, 1.807) is 19.4 Å². The van der Waals surface area contributed by atoms with Gasteiger partial charge in [0, 0.05) is 18.2 Å². The molecule has 0 saturated heterocycles. The molecule has 0 aliphatic rings. The van der Waals surface area contributed by atoms with Crippen LogP contribution < -0.4 is 4.74 Å². The van der Waals surface area contributed by atoms with Crippen molar-refractivity contribution in [3.05, 3.63) is 24.2 Å². The molecule has 84 valence electrons. The monoisotopic (exact) mass is 219 g/mol. The highest BCUT2D eigenvalue weighted by atomic mass is 16.5. The van der Waals surface area contributed by atoms with Crippen molar-refractivity contribution < 1.29 is 9.15 Å². The third-order valence-corrected chi connectivity index (χ3v) is 2.13. The van der Waals surface area contributed by atoms with Crippen LogP contribution in [0.4, 0.5) is 0 Å². The van der Waals surface area contributed by atoms with E-state index in [9.17, 15) is 0 Å². The molecule has 5 nitrogen and oxygen atoms in total. The van der Waals surface area contributed by atoms with E-state index in [1.165, 1.54) is 0 Å². The first-order chi connectivity index (χ1) is 7.70. The van der Waals surface area contributed by atoms with Gasteiger partial charge in [-0.1, -0.05) is 13.8 Å². The molecular formula is C11H13N3O2. The third kappa shape index (κ3) is 2.03. The Labute approximate surface area is 93.5 Å². The molecule has 0 aliphatic carbocycles. The fraction of sp³-hybridized carbons (Fsp3) is 0.364. The van der Waals surface area contributed by atoms with Gasteiger partial charge in [-0.05, 0) is 6.07 Å². The van der Waals surface area contributed by atoms with Crippen LogP contribution in [-0.2, 0) is 0 Å². The van der Waals surface area contributed by atoms with E-state index < -0.39 is 0 Å². The molecule has 0 aromatic carbocycles. The van der Waals surface area contributed by atoms with Gasteiger partial charge in [-0.25, -0.2) is 4.98 Å². The first-order valence-electron chi connectivity index (χ1n) is 5.04. The van der Waals surface area contributed by atoms with Gasteiger partial charge in [0.25, 0.3) is 0 Å². The maximum absolute atomic E-state index is 5.50. The molecule has 0 fully saturated rings. The number of ether oxygens (including phenoxy) is 1. The van der Waals surface area contributed by atoms with Crippen LogP contribution in [0, 0.1) is 0 Å². The Bertz CT molecular complexity index is 462. The summed E-state index contributed by atoms with van der Waals surface area (Å²) in [6, 6.07) is 3.60. The van der Waals surface area contributed by atoms with Crippen molar-refractivity contribution in [1.82, 2.24) is 15.2 Å². The van der Waals surface area contributed by atoms with Crippen LogP contribution in [0.5, 0.6) is 5.88 Å². The second-order valence-electron chi connectivity index (χ2n) is 3.69. The normalized spacial score (nSPS) is 10.8. The summed E-state index contributed by atoms with van der Waals surface area (Å²) >= 11 is 0. The number of hydrogen-bond donors (Lipinski definition) is 0. The highest BCUT2D eigenvalue weighted by molar-refractivity contribution is 5.51. The van der Waals surface area contributed by atoms with Crippen LogP contribution in [-0.4, -0.2) is 22.3 Å². The lowest BCUT2D eigenvalue weighted by molar-refractivity contribution is 0.398. The Kier molecular flexibility index (Phi) is 2.85. The summed E-state index contributed by atoms with van der Waals surface area (Å²) in [5, 5.41) is 7.92. The fourth-order valence-corrected chi connectivity index (χ4v) is 1.21. The molecule has 0 amide bonds. The molecule has 2 rings (SSSR count). The predicted octanol–water partition coefficient (Wildman–Crippen LogP) is 2.26. The number of pyridine rings is 1. The highest BCUT2D eigenvalue weighted by Crippen LogP contribution is 2.21. The van der Waals surface area contributed by atoms with E-state index in [2.05, 4.69) is 15.2 Å². The standard InChI is InChI=1S/C11H13N3O2/c1-7(2)10-13-14-11(16-10)8-4-5-9(15-3)12-6-8/h4-7H,1-3H3. The molecule has 0 spiro atoms. The van der Waals surface area contributed by atoms with Crippen molar-refractivity contribution in [3.63, 3.8) is 0 Å².